The van der Waals surface area contributed by atoms with Crippen LogP contribution in [0.4, 0.5) is 0 Å². The third-order valence-electron chi connectivity index (χ3n) is 2.64. The summed E-state index contributed by atoms with van der Waals surface area (Å²) in [6.07, 6.45) is 0.478. The van der Waals surface area contributed by atoms with E-state index in [-0.39, 0.29) is 6.10 Å². The topological polar surface area (TPSA) is 30.5 Å². The van der Waals surface area contributed by atoms with Crippen molar-refractivity contribution in [1.82, 2.24) is 5.32 Å². The standard InChI is InChI=1S/C13H19NO2/c1-11-7-14-8-13(16-11)10-15-9-12-5-3-2-4-6-12/h2-6,11,13-14H,7-10H2,1H3/t11-,13+/m0/s1. The number of hydrogen-bond donors (Lipinski definition) is 1. The van der Waals surface area contributed by atoms with Gasteiger partial charge in [-0.2, -0.15) is 0 Å². The van der Waals surface area contributed by atoms with Gasteiger partial charge in [0.2, 0.25) is 0 Å². The molecule has 0 radical (unpaired) electrons. The first-order chi connectivity index (χ1) is 7.84. The Bertz CT molecular complexity index is 302. The van der Waals surface area contributed by atoms with Crippen molar-refractivity contribution >= 4 is 0 Å². The van der Waals surface area contributed by atoms with Gasteiger partial charge < -0.3 is 14.8 Å². The van der Waals surface area contributed by atoms with Crippen molar-refractivity contribution in [2.45, 2.75) is 25.7 Å². The average molecular weight is 221 g/mol. The molecule has 0 bridgehead atoms. The maximum absolute atomic E-state index is 5.74. The van der Waals surface area contributed by atoms with Crippen molar-refractivity contribution < 1.29 is 9.47 Å². The van der Waals surface area contributed by atoms with Gasteiger partial charge in [0.1, 0.15) is 0 Å². The Morgan fingerprint density at radius 3 is 2.88 bits per heavy atom. The van der Waals surface area contributed by atoms with Gasteiger partial charge >= 0.3 is 0 Å². The lowest BCUT2D eigenvalue weighted by Crippen LogP contribution is -2.45. The third-order valence-corrected chi connectivity index (χ3v) is 2.64. The second kappa shape index (κ2) is 5.99. The van der Waals surface area contributed by atoms with Gasteiger partial charge in [0.05, 0.1) is 25.4 Å². The van der Waals surface area contributed by atoms with Gasteiger partial charge in [0, 0.05) is 13.1 Å². The van der Waals surface area contributed by atoms with E-state index >= 15 is 0 Å². The molecule has 1 aromatic carbocycles. The molecule has 16 heavy (non-hydrogen) atoms. The SMILES string of the molecule is C[C@H]1CNC[C@H](COCc2ccccc2)O1. The minimum atomic E-state index is 0.187. The zero-order chi connectivity index (χ0) is 11.2. The van der Waals surface area contributed by atoms with Crippen LogP contribution < -0.4 is 5.32 Å². The zero-order valence-corrected chi connectivity index (χ0v) is 9.69. The highest BCUT2D eigenvalue weighted by Crippen LogP contribution is 2.06. The minimum Gasteiger partial charge on any atom is -0.374 e. The van der Waals surface area contributed by atoms with Gasteiger partial charge in [0.25, 0.3) is 0 Å². The molecule has 1 fully saturated rings. The smallest absolute Gasteiger partial charge is 0.0936 e. The van der Waals surface area contributed by atoms with E-state index < -0.39 is 0 Å². The number of nitrogens with one attached hydrogen (secondary N) is 1. The molecular weight excluding hydrogens is 202 g/mol. The van der Waals surface area contributed by atoms with Crippen molar-refractivity contribution in [3.05, 3.63) is 35.9 Å². The van der Waals surface area contributed by atoms with Crippen LogP contribution in [0.5, 0.6) is 0 Å². The first-order valence-corrected chi connectivity index (χ1v) is 5.82. The van der Waals surface area contributed by atoms with Gasteiger partial charge in [-0.15, -0.1) is 0 Å². The van der Waals surface area contributed by atoms with Crippen LogP contribution in [-0.4, -0.2) is 31.9 Å². The van der Waals surface area contributed by atoms with Crippen molar-refractivity contribution in [1.29, 1.82) is 0 Å². The fraction of sp³-hybridized carbons (Fsp3) is 0.538. The summed E-state index contributed by atoms with van der Waals surface area (Å²) in [4.78, 5) is 0. The molecule has 3 heteroatoms. The van der Waals surface area contributed by atoms with Gasteiger partial charge in [-0.25, -0.2) is 0 Å². The number of hydrogen-bond acceptors (Lipinski definition) is 3. The molecule has 3 nitrogen and oxygen atoms in total. The lowest BCUT2D eigenvalue weighted by Gasteiger charge is -2.28. The molecule has 0 amide bonds. The monoisotopic (exact) mass is 221 g/mol. The predicted octanol–water partition coefficient (Wildman–Crippen LogP) is 1.58. The van der Waals surface area contributed by atoms with E-state index in [1.807, 2.05) is 18.2 Å². The van der Waals surface area contributed by atoms with E-state index in [0.717, 1.165) is 13.1 Å². The molecule has 1 saturated heterocycles. The molecule has 88 valence electrons. The van der Waals surface area contributed by atoms with Crippen LogP contribution in [0.25, 0.3) is 0 Å². The highest BCUT2D eigenvalue weighted by atomic mass is 16.5. The molecule has 0 aliphatic carbocycles. The van der Waals surface area contributed by atoms with E-state index in [4.69, 9.17) is 9.47 Å². The summed E-state index contributed by atoms with van der Waals surface area (Å²) in [5.41, 5.74) is 1.21. The minimum absolute atomic E-state index is 0.187. The summed E-state index contributed by atoms with van der Waals surface area (Å²) < 4.78 is 11.4. The van der Waals surface area contributed by atoms with Crippen LogP contribution in [0.2, 0.25) is 0 Å². The van der Waals surface area contributed by atoms with E-state index in [2.05, 4.69) is 24.4 Å². The fourth-order valence-corrected chi connectivity index (χ4v) is 1.85. The first-order valence-electron chi connectivity index (χ1n) is 5.82. The predicted molar refractivity (Wildman–Crippen MR) is 63.3 cm³/mol. The summed E-state index contributed by atoms with van der Waals surface area (Å²) in [5.74, 6) is 0. The quantitative estimate of drug-likeness (QED) is 0.837. The molecule has 1 aliphatic heterocycles. The largest absolute Gasteiger partial charge is 0.374 e. The Kier molecular flexibility index (Phi) is 4.34. The van der Waals surface area contributed by atoms with E-state index in [1.165, 1.54) is 5.56 Å². The second-order valence-corrected chi connectivity index (χ2v) is 4.23. The summed E-state index contributed by atoms with van der Waals surface area (Å²) in [7, 11) is 0. The number of ether oxygens (including phenoxy) is 2. The Morgan fingerprint density at radius 1 is 1.31 bits per heavy atom. The first kappa shape index (κ1) is 11.6. The van der Waals surface area contributed by atoms with Crippen molar-refractivity contribution in [3.8, 4) is 0 Å². The van der Waals surface area contributed by atoms with Gasteiger partial charge in [-0.05, 0) is 12.5 Å². The Hall–Kier alpha value is -0.900. The zero-order valence-electron chi connectivity index (χ0n) is 9.69. The molecule has 1 heterocycles. The van der Waals surface area contributed by atoms with Crippen LogP contribution in [0.15, 0.2) is 30.3 Å². The van der Waals surface area contributed by atoms with Crippen molar-refractivity contribution in [3.63, 3.8) is 0 Å². The molecular formula is C13H19NO2. The Balaban J connectivity index is 1.68. The Labute approximate surface area is 96.8 Å². The molecule has 0 aromatic heterocycles. The van der Waals surface area contributed by atoms with Crippen molar-refractivity contribution in [2.75, 3.05) is 19.7 Å². The fourth-order valence-electron chi connectivity index (χ4n) is 1.85. The molecule has 1 N–H and O–H groups in total. The van der Waals surface area contributed by atoms with Crippen LogP contribution in [0.1, 0.15) is 12.5 Å². The van der Waals surface area contributed by atoms with Gasteiger partial charge in [-0.1, -0.05) is 30.3 Å². The van der Waals surface area contributed by atoms with Gasteiger partial charge in [-0.3, -0.25) is 0 Å². The van der Waals surface area contributed by atoms with E-state index in [0.29, 0.717) is 19.3 Å². The average Bonchev–Trinajstić information content (AvgIpc) is 2.30. The summed E-state index contributed by atoms with van der Waals surface area (Å²) in [6, 6.07) is 10.2. The molecule has 0 saturated carbocycles. The number of morpholine rings is 1. The summed E-state index contributed by atoms with van der Waals surface area (Å²) >= 11 is 0. The molecule has 2 rings (SSSR count). The third kappa shape index (κ3) is 3.59. The molecule has 2 atom stereocenters. The van der Waals surface area contributed by atoms with Crippen LogP contribution >= 0.6 is 0 Å². The van der Waals surface area contributed by atoms with E-state index in [9.17, 15) is 0 Å². The molecule has 0 spiro atoms. The molecule has 1 aromatic rings. The lowest BCUT2D eigenvalue weighted by atomic mass is 10.2. The maximum Gasteiger partial charge on any atom is 0.0936 e. The summed E-state index contributed by atoms with van der Waals surface area (Å²) in [5, 5.41) is 3.33. The molecule has 1 aliphatic rings. The van der Waals surface area contributed by atoms with Crippen molar-refractivity contribution in [2.24, 2.45) is 0 Å². The highest BCUT2D eigenvalue weighted by molar-refractivity contribution is 5.13. The summed E-state index contributed by atoms with van der Waals surface area (Å²) in [6.45, 7) is 5.23. The normalized spacial score (nSPS) is 25.6. The van der Waals surface area contributed by atoms with Crippen LogP contribution in [-0.2, 0) is 16.1 Å². The highest BCUT2D eigenvalue weighted by Gasteiger charge is 2.18. The van der Waals surface area contributed by atoms with Crippen LogP contribution in [0.3, 0.4) is 0 Å². The maximum atomic E-state index is 5.74. The second-order valence-electron chi connectivity index (χ2n) is 4.23. The number of rotatable bonds is 4. The molecule has 0 unspecified atom stereocenters. The lowest BCUT2D eigenvalue weighted by molar-refractivity contribution is -0.0716. The van der Waals surface area contributed by atoms with E-state index in [1.54, 1.807) is 0 Å². The van der Waals surface area contributed by atoms with Crippen LogP contribution in [0, 0.1) is 0 Å². The number of benzene rings is 1. The van der Waals surface area contributed by atoms with Gasteiger partial charge in [0.15, 0.2) is 0 Å². The Morgan fingerprint density at radius 2 is 2.12 bits per heavy atom.